The number of hydrazone groups is 1. The first-order valence-corrected chi connectivity index (χ1v) is 9.05. The van der Waals surface area contributed by atoms with E-state index in [9.17, 15) is 0 Å². The van der Waals surface area contributed by atoms with Crippen molar-refractivity contribution in [2.45, 2.75) is 6.54 Å². The second-order valence-electron chi connectivity index (χ2n) is 5.92. The number of halogens is 3. The fourth-order valence-electron chi connectivity index (χ4n) is 2.74. The standard InChI is InChI=1S/C18H18Cl3N3/c19-16-4-1-14(2-5-16)13-23-7-9-24(10-8-23)22-12-15-3-6-17(20)11-18(15)21/h1-6,11-12H,7-10,13H2/p+1/b22-12-. The van der Waals surface area contributed by atoms with E-state index >= 15 is 0 Å². The fourth-order valence-corrected chi connectivity index (χ4v) is 3.33. The van der Waals surface area contributed by atoms with Gasteiger partial charge in [0.1, 0.15) is 6.54 Å². The molecule has 126 valence electrons. The Morgan fingerprint density at radius 1 is 0.958 bits per heavy atom. The number of hydrogen-bond acceptors (Lipinski definition) is 2. The number of piperazine rings is 1. The molecule has 0 spiro atoms. The van der Waals surface area contributed by atoms with Crippen molar-refractivity contribution in [3.05, 3.63) is 68.7 Å². The molecule has 0 unspecified atom stereocenters. The van der Waals surface area contributed by atoms with Crippen LogP contribution in [-0.2, 0) is 6.54 Å². The van der Waals surface area contributed by atoms with Crippen LogP contribution in [0.4, 0.5) is 0 Å². The minimum atomic E-state index is 0.623. The Morgan fingerprint density at radius 3 is 2.29 bits per heavy atom. The largest absolute Gasteiger partial charge is 0.328 e. The van der Waals surface area contributed by atoms with Crippen LogP contribution in [0.25, 0.3) is 0 Å². The van der Waals surface area contributed by atoms with Crippen molar-refractivity contribution in [3.8, 4) is 0 Å². The van der Waals surface area contributed by atoms with Crippen LogP contribution in [0.5, 0.6) is 0 Å². The Labute approximate surface area is 157 Å². The minimum absolute atomic E-state index is 0.623. The maximum Gasteiger partial charge on any atom is 0.103 e. The Bertz CT molecular complexity index is 708. The molecular weight excluding hydrogens is 365 g/mol. The highest BCUT2D eigenvalue weighted by atomic mass is 35.5. The van der Waals surface area contributed by atoms with Gasteiger partial charge in [-0.15, -0.1) is 0 Å². The average Bonchev–Trinajstić information content (AvgIpc) is 2.57. The highest BCUT2D eigenvalue weighted by Crippen LogP contribution is 2.19. The summed E-state index contributed by atoms with van der Waals surface area (Å²) >= 11 is 18.0. The quantitative estimate of drug-likeness (QED) is 0.802. The summed E-state index contributed by atoms with van der Waals surface area (Å²) in [5.74, 6) is 0. The number of nitrogens with zero attached hydrogens (tertiary/aromatic N) is 2. The highest BCUT2D eigenvalue weighted by Gasteiger charge is 2.18. The smallest absolute Gasteiger partial charge is 0.103 e. The van der Waals surface area contributed by atoms with Crippen LogP contribution in [0.15, 0.2) is 47.6 Å². The molecule has 3 nitrogen and oxygen atoms in total. The molecule has 1 aliphatic heterocycles. The molecule has 0 saturated carbocycles. The van der Waals surface area contributed by atoms with Crippen LogP contribution in [0, 0.1) is 0 Å². The summed E-state index contributed by atoms with van der Waals surface area (Å²) in [5.41, 5.74) is 2.20. The van der Waals surface area contributed by atoms with Gasteiger partial charge >= 0.3 is 0 Å². The van der Waals surface area contributed by atoms with Gasteiger partial charge in [-0.3, -0.25) is 5.01 Å². The summed E-state index contributed by atoms with van der Waals surface area (Å²) < 4.78 is 0. The molecular formula is C18H19Cl3N3+. The van der Waals surface area contributed by atoms with Crippen molar-refractivity contribution in [2.75, 3.05) is 26.2 Å². The van der Waals surface area contributed by atoms with Crippen molar-refractivity contribution in [3.63, 3.8) is 0 Å². The molecule has 2 aromatic rings. The third-order valence-corrected chi connectivity index (χ3v) is 4.95. The first-order chi connectivity index (χ1) is 11.6. The zero-order valence-electron chi connectivity index (χ0n) is 13.2. The van der Waals surface area contributed by atoms with Crippen LogP contribution < -0.4 is 4.90 Å². The molecule has 1 heterocycles. The van der Waals surface area contributed by atoms with Crippen molar-refractivity contribution >= 4 is 41.0 Å². The van der Waals surface area contributed by atoms with Crippen molar-refractivity contribution in [2.24, 2.45) is 5.10 Å². The van der Waals surface area contributed by atoms with Gasteiger partial charge in [-0.05, 0) is 24.3 Å². The first kappa shape index (κ1) is 17.6. The Hall–Kier alpha value is -1.26. The summed E-state index contributed by atoms with van der Waals surface area (Å²) in [5, 5.41) is 8.69. The zero-order valence-corrected chi connectivity index (χ0v) is 15.5. The lowest BCUT2D eigenvalue weighted by Crippen LogP contribution is -3.13. The summed E-state index contributed by atoms with van der Waals surface area (Å²) in [6.45, 7) is 5.02. The predicted molar refractivity (Wildman–Crippen MR) is 101 cm³/mol. The molecule has 0 amide bonds. The molecule has 0 aromatic heterocycles. The molecule has 6 heteroatoms. The molecule has 1 aliphatic rings. The van der Waals surface area contributed by atoms with Crippen LogP contribution in [0.3, 0.4) is 0 Å². The summed E-state index contributed by atoms with van der Waals surface area (Å²) in [6.07, 6.45) is 1.81. The van der Waals surface area contributed by atoms with Gasteiger partial charge in [-0.2, -0.15) is 5.10 Å². The van der Waals surface area contributed by atoms with Gasteiger partial charge in [-0.25, -0.2) is 0 Å². The summed E-state index contributed by atoms with van der Waals surface area (Å²) in [6, 6.07) is 13.5. The van der Waals surface area contributed by atoms with E-state index in [1.807, 2.05) is 30.5 Å². The molecule has 1 saturated heterocycles. The minimum Gasteiger partial charge on any atom is -0.328 e. The van der Waals surface area contributed by atoms with E-state index < -0.39 is 0 Å². The van der Waals surface area contributed by atoms with Gasteiger partial charge in [0.15, 0.2) is 0 Å². The maximum atomic E-state index is 6.16. The first-order valence-electron chi connectivity index (χ1n) is 7.92. The molecule has 3 rings (SSSR count). The Balaban J connectivity index is 1.51. The topological polar surface area (TPSA) is 20.0 Å². The van der Waals surface area contributed by atoms with Gasteiger partial charge in [0.2, 0.25) is 0 Å². The molecule has 0 aliphatic carbocycles. The van der Waals surface area contributed by atoms with Gasteiger partial charge in [-0.1, -0.05) is 53.0 Å². The molecule has 1 fully saturated rings. The van der Waals surface area contributed by atoms with Crippen LogP contribution in [0.2, 0.25) is 15.1 Å². The predicted octanol–water partition coefficient (Wildman–Crippen LogP) is 3.38. The van der Waals surface area contributed by atoms with Crippen molar-refractivity contribution in [1.82, 2.24) is 5.01 Å². The fraction of sp³-hybridized carbons (Fsp3) is 0.278. The lowest BCUT2D eigenvalue weighted by Gasteiger charge is -2.30. The maximum absolute atomic E-state index is 6.16. The summed E-state index contributed by atoms with van der Waals surface area (Å²) in [7, 11) is 0. The van der Waals surface area contributed by atoms with E-state index in [2.05, 4.69) is 22.2 Å². The van der Waals surface area contributed by atoms with Gasteiger partial charge in [0, 0.05) is 21.2 Å². The normalized spacial score (nSPS) is 16.0. The van der Waals surface area contributed by atoms with E-state index in [-0.39, 0.29) is 0 Å². The number of hydrogen-bond donors (Lipinski definition) is 1. The van der Waals surface area contributed by atoms with Gasteiger partial charge in [0.25, 0.3) is 0 Å². The molecule has 2 aromatic carbocycles. The van der Waals surface area contributed by atoms with E-state index in [1.54, 1.807) is 11.0 Å². The van der Waals surface area contributed by atoms with Gasteiger partial charge < -0.3 is 4.90 Å². The lowest BCUT2D eigenvalue weighted by atomic mass is 10.2. The summed E-state index contributed by atoms with van der Waals surface area (Å²) in [4.78, 5) is 1.56. The highest BCUT2D eigenvalue weighted by molar-refractivity contribution is 6.36. The Kier molecular flexibility index (Phi) is 6.01. The number of rotatable bonds is 4. The second kappa shape index (κ2) is 8.21. The van der Waals surface area contributed by atoms with E-state index in [4.69, 9.17) is 34.8 Å². The van der Waals surface area contributed by atoms with E-state index in [0.717, 1.165) is 43.3 Å². The molecule has 0 radical (unpaired) electrons. The van der Waals surface area contributed by atoms with Gasteiger partial charge in [0.05, 0.1) is 37.4 Å². The van der Waals surface area contributed by atoms with E-state index in [1.165, 1.54) is 5.56 Å². The molecule has 0 bridgehead atoms. The molecule has 1 N–H and O–H groups in total. The average molecular weight is 384 g/mol. The monoisotopic (exact) mass is 382 g/mol. The number of nitrogens with one attached hydrogen (secondary N) is 1. The van der Waals surface area contributed by atoms with Crippen molar-refractivity contribution < 1.29 is 4.90 Å². The third kappa shape index (κ3) is 4.87. The molecule has 24 heavy (non-hydrogen) atoms. The third-order valence-electron chi connectivity index (χ3n) is 4.14. The van der Waals surface area contributed by atoms with Crippen molar-refractivity contribution in [1.29, 1.82) is 0 Å². The number of benzene rings is 2. The van der Waals surface area contributed by atoms with E-state index in [0.29, 0.717) is 10.0 Å². The van der Waals surface area contributed by atoms with Crippen LogP contribution in [0.1, 0.15) is 11.1 Å². The zero-order chi connectivity index (χ0) is 16.9. The Morgan fingerprint density at radius 2 is 1.62 bits per heavy atom. The SMILES string of the molecule is Clc1ccc(C[NH+]2CCN(/N=C\c3ccc(Cl)cc3Cl)CC2)cc1. The second-order valence-corrected chi connectivity index (χ2v) is 7.20. The van der Waals surface area contributed by atoms with Crippen LogP contribution >= 0.6 is 34.8 Å². The number of quaternary nitrogens is 1. The van der Waals surface area contributed by atoms with Crippen LogP contribution in [-0.4, -0.2) is 37.4 Å². The lowest BCUT2D eigenvalue weighted by molar-refractivity contribution is -0.918. The molecule has 0 atom stereocenters.